The predicted molar refractivity (Wildman–Crippen MR) is 87.6 cm³/mol. The van der Waals surface area contributed by atoms with E-state index in [1.165, 1.54) is 10.8 Å². The van der Waals surface area contributed by atoms with Crippen LogP contribution in [0.5, 0.6) is 0 Å². The fourth-order valence-electron chi connectivity index (χ4n) is 3.12. The summed E-state index contributed by atoms with van der Waals surface area (Å²) in [5.74, 6) is 0.282. The summed E-state index contributed by atoms with van der Waals surface area (Å²) in [6.45, 7) is 3.78. The number of H-pyrrole nitrogens is 1. The van der Waals surface area contributed by atoms with Crippen molar-refractivity contribution in [1.82, 2.24) is 24.0 Å². The molecule has 8 heteroatoms. The first-order valence-electron chi connectivity index (χ1n) is 8.07. The zero-order valence-corrected chi connectivity index (χ0v) is 13.6. The molecule has 128 valence electrons. The van der Waals surface area contributed by atoms with Gasteiger partial charge in [-0.05, 0) is 25.7 Å². The quantitative estimate of drug-likeness (QED) is 0.852. The Kier molecular flexibility index (Phi) is 4.64. The SMILES string of the molecule is Cc1cn(CC(=O)N2CCCC(Cn3ccnc3)C2)c(=O)[nH]c1=O. The number of carbonyl (C=O) groups is 1. The third-order valence-corrected chi connectivity index (χ3v) is 4.39. The largest absolute Gasteiger partial charge is 0.341 e. The molecule has 2 aromatic heterocycles. The Morgan fingerprint density at radius 2 is 2.25 bits per heavy atom. The van der Waals surface area contributed by atoms with Gasteiger partial charge in [-0.15, -0.1) is 0 Å². The molecule has 0 spiro atoms. The van der Waals surface area contributed by atoms with Gasteiger partial charge in [-0.25, -0.2) is 9.78 Å². The Labute approximate surface area is 138 Å². The van der Waals surface area contributed by atoms with Crippen LogP contribution in [0.4, 0.5) is 0 Å². The summed E-state index contributed by atoms with van der Waals surface area (Å²) in [5.41, 5.74) is -0.549. The lowest BCUT2D eigenvalue weighted by Crippen LogP contribution is -2.44. The van der Waals surface area contributed by atoms with Crippen molar-refractivity contribution in [2.24, 2.45) is 5.92 Å². The maximum Gasteiger partial charge on any atom is 0.328 e. The molecule has 2 aromatic rings. The van der Waals surface area contributed by atoms with Crippen LogP contribution >= 0.6 is 0 Å². The number of aryl methyl sites for hydroxylation is 1. The second kappa shape index (κ2) is 6.86. The first-order chi connectivity index (χ1) is 11.5. The van der Waals surface area contributed by atoms with Gasteiger partial charge in [0.25, 0.3) is 5.56 Å². The molecule has 1 aliphatic heterocycles. The Morgan fingerprint density at radius 1 is 1.42 bits per heavy atom. The summed E-state index contributed by atoms with van der Waals surface area (Å²) in [7, 11) is 0. The Morgan fingerprint density at radius 3 is 3.00 bits per heavy atom. The molecule has 8 nitrogen and oxygen atoms in total. The van der Waals surface area contributed by atoms with Gasteiger partial charge in [0.05, 0.1) is 6.33 Å². The lowest BCUT2D eigenvalue weighted by Gasteiger charge is -2.33. The van der Waals surface area contributed by atoms with Gasteiger partial charge in [-0.1, -0.05) is 0 Å². The molecular formula is C16H21N5O3. The lowest BCUT2D eigenvalue weighted by molar-refractivity contribution is -0.133. The molecular weight excluding hydrogens is 310 g/mol. The van der Waals surface area contributed by atoms with Crippen molar-refractivity contribution in [3.05, 3.63) is 51.3 Å². The van der Waals surface area contributed by atoms with Gasteiger partial charge < -0.3 is 9.47 Å². The molecule has 3 heterocycles. The summed E-state index contributed by atoms with van der Waals surface area (Å²) in [4.78, 5) is 43.8. The van der Waals surface area contributed by atoms with Gasteiger partial charge in [-0.3, -0.25) is 19.1 Å². The third kappa shape index (κ3) is 3.64. The van der Waals surface area contributed by atoms with Crippen LogP contribution in [0, 0.1) is 12.8 Å². The van der Waals surface area contributed by atoms with Gasteiger partial charge in [0.1, 0.15) is 6.54 Å². The Balaban J connectivity index is 1.65. The number of hydrogen-bond donors (Lipinski definition) is 1. The number of imidazole rings is 1. The third-order valence-electron chi connectivity index (χ3n) is 4.39. The van der Waals surface area contributed by atoms with E-state index in [1.54, 1.807) is 24.3 Å². The number of amides is 1. The normalized spacial score (nSPS) is 17.9. The molecule has 0 bridgehead atoms. The van der Waals surface area contributed by atoms with Crippen molar-refractivity contribution < 1.29 is 4.79 Å². The van der Waals surface area contributed by atoms with E-state index >= 15 is 0 Å². The molecule has 1 saturated heterocycles. The van der Waals surface area contributed by atoms with Crippen molar-refractivity contribution in [3.63, 3.8) is 0 Å². The maximum atomic E-state index is 12.5. The number of likely N-dealkylation sites (tertiary alicyclic amines) is 1. The predicted octanol–water partition coefficient (Wildman–Crippen LogP) is -0.0197. The second-order valence-electron chi connectivity index (χ2n) is 6.31. The molecule has 1 unspecified atom stereocenters. The number of nitrogens with one attached hydrogen (secondary N) is 1. The van der Waals surface area contributed by atoms with Crippen LogP contribution < -0.4 is 11.2 Å². The topological polar surface area (TPSA) is 93.0 Å². The van der Waals surface area contributed by atoms with E-state index in [0.29, 0.717) is 24.6 Å². The van der Waals surface area contributed by atoms with Gasteiger partial charge in [0.15, 0.2) is 0 Å². The van der Waals surface area contributed by atoms with Gasteiger partial charge in [0, 0.05) is 43.8 Å². The fourth-order valence-corrected chi connectivity index (χ4v) is 3.12. The average Bonchev–Trinajstić information content (AvgIpc) is 3.06. The van der Waals surface area contributed by atoms with Crippen molar-refractivity contribution in [2.45, 2.75) is 32.9 Å². The van der Waals surface area contributed by atoms with E-state index in [4.69, 9.17) is 0 Å². The molecule has 24 heavy (non-hydrogen) atoms. The minimum absolute atomic E-state index is 0.0474. The highest BCUT2D eigenvalue weighted by molar-refractivity contribution is 5.76. The average molecular weight is 331 g/mol. The number of aromatic amines is 1. The van der Waals surface area contributed by atoms with E-state index in [1.807, 2.05) is 10.8 Å². The van der Waals surface area contributed by atoms with Gasteiger partial charge >= 0.3 is 5.69 Å². The number of nitrogens with zero attached hydrogens (tertiary/aromatic N) is 4. The highest BCUT2D eigenvalue weighted by Gasteiger charge is 2.24. The molecule has 1 N–H and O–H groups in total. The number of rotatable bonds is 4. The maximum absolute atomic E-state index is 12.5. The highest BCUT2D eigenvalue weighted by Crippen LogP contribution is 2.18. The van der Waals surface area contributed by atoms with E-state index in [9.17, 15) is 14.4 Å². The van der Waals surface area contributed by atoms with E-state index in [2.05, 4.69) is 9.97 Å². The number of hydrogen-bond acceptors (Lipinski definition) is 4. The summed E-state index contributed by atoms with van der Waals surface area (Å²) in [5, 5.41) is 0. The molecule has 3 rings (SSSR count). The van der Waals surface area contributed by atoms with Crippen molar-refractivity contribution in [2.75, 3.05) is 13.1 Å². The molecule has 1 atom stereocenters. The number of aromatic nitrogens is 4. The van der Waals surface area contributed by atoms with Crippen molar-refractivity contribution >= 4 is 5.91 Å². The number of carbonyl (C=O) groups excluding carboxylic acids is 1. The summed E-state index contributed by atoms with van der Waals surface area (Å²) in [6.07, 6.45) is 8.90. The minimum atomic E-state index is -0.550. The Hall–Kier alpha value is -2.64. The number of piperidine rings is 1. The second-order valence-corrected chi connectivity index (χ2v) is 6.31. The lowest BCUT2D eigenvalue weighted by atomic mass is 9.98. The molecule has 1 fully saturated rings. The van der Waals surface area contributed by atoms with Gasteiger partial charge in [0.2, 0.25) is 5.91 Å². The van der Waals surface area contributed by atoms with Crippen LogP contribution in [0.15, 0.2) is 34.5 Å². The Bertz CT molecular complexity index is 821. The van der Waals surface area contributed by atoms with Crippen molar-refractivity contribution in [1.29, 1.82) is 0 Å². The van der Waals surface area contributed by atoms with E-state index < -0.39 is 11.2 Å². The molecule has 1 aliphatic rings. The highest BCUT2D eigenvalue weighted by atomic mass is 16.2. The summed E-state index contributed by atoms with van der Waals surface area (Å²) < 4.78 is 3.28. The monoisotopic (exact) mass is 331 g/mol. The van der Waals surface area contributed by atoms with E-state index in [-0.39, 0.29) is 12.5 Å². The molecule has 1 amide bonds. The van der Waals surface area contributed by atoms with Crippen molar-refractivity contribution in [3.8, 4) is 0 Å². The first-order valence-corrected chi connectivity index (χ1v) is 8.07. The van der Waals surface area contributed by atoms with Crippen LogP contribution in [0.25, 0.3) is 0 Å². The zero-order chi connectivity index (χ0) is 17.1. The molecule has 0 radical (unpaired) electrons. The first kappa shape index (κ1) is 16.2. The van der Waals surface area contributed by atoms with Crippen LogP contribution in [0.1, 0.15) is 18.4 Å². The summed E-state index contributed by atoms with van der Waals surface area (Å²) in [6, 6.07) is 0. The fraction of sp³-hybridized carbons (Fsp3) is 0.500. The molecule has 0 aliphatic carbocycles. The van der Waals surface area contributed by atoms with E-state index in [0.717, 1.165) is 19.4 Å². The van der Waals surface area contributed by atoms with Crippen LogP contribution in [-0.4, -0.2) is 43.0 Å². The van der Waals surface area contributed by atoms with Crippen LogP contribution in [-0.2, 0) is 17.9 Å². The minimum Gasteiger partial charge on any atom is -0.341 e. The van der Waals surface area contributed by atoms with Crippen LogP contribution in [0.3, 0.4) is 0 Å². The standard InChI is InChI=1S/C16H21N5O3/c1-12-7-21(16(24)18-15(12)23)10-14(22)20-5-2-3-13(9-20)8-19-6-4-17-11-19/h4,6-7,11,13H,2-3,5,8-10H2,1H3,(H,18,23,24). The van der Waals surface area contributed by atoms with Gasteiger partial charge in [-0.2, -0.15) is 0 Å². The zero-order valence-electron chi connectivity index (χ0n) is 13.6. The summed E-state index contributed by atoms with van der Waals surface area (Å²) >= 11 is 0. The van der Waals surface area contributed by atoms with Crippen LogP contribution in [0.2, 0.25) is 0 Å². The smallest absolute Gasteiger partial charge is 0.328 e. The molecule has 0 saturated carbocycles. The molecule has 0 aromatic carbocycles.